The second-order valence-corrected chi connectivity index (χ2v) is 4.96. The van der Waals surface area contributed by atoms with Gasteiger partial charge in [0.05, 0.1) is 10.3 Å². The van der Waals surface area contributed by atoms with E-state index in [1.807, 2.05) is 0 Å². The van der Waals surface area contributed by atoms with Crippen LogP contribution in [0.4, 0.5) is 5.69 Å². The van der Waals surface area contributed by atoms with E-state index in [0.29, 0.717) is 18.4 Å². The van der Waals surface area contributed by atoms with Crippen LogP contribution in [0.15, 0.2) is 24.3 Å². The summed E-state index contributed by atoms with van der Waals surface area (Å²) in [7, 11) is 0. The lowest BCUT2D eigenvalue weighted by Gasteiger charge is -2.43. The Labute approximate surface area is 110 Å². The molecule has 1 aliphatic rings. The third-order valence-electron chi connectivity index (χ3n) is 4.06. The zero-order chi connectivity index (χ0) is 14.0. The van der Waals surface area contributed by atoms with Crippen molar-refractivity contribution < 1.29 is 14.8 Å². The molecule has 1 aliphatic carbocycles. The summed E-state index contributed by atoms with van der Waals surface area (Å²) in [4.78, 5) is 21.8. The molecular formula is C13H16N2O4. The molecule has 3 N–H and O–H groups in total. The van der Waals surface area contributed by atoms with Crippen LogP contribution < -0.4 is 5.73 Å². The van der Waals surface area contributed by atoms with E-state index < -0.39 is 16.3 Å². The number of carbonyl (C=O) groups is 1. The second-order valence-electron chi connectivity index (χ2n) is 4.96. The van der Waals surface area contributed by atoms with Crippen LogP contribution in [0.3, 0.4) is 0 Å². The molecule has 1 aromatic carbocycles. The molecular weight excluding hydrogens is 248 g/mol. The van der Waals surface area contributed by atoms with Crippen LogP contribution in [0.2, 0.25) is 0 Å². The molecule has 102 valence electrons. The standard InChI is InChI=1S/C13H16N2O4/c14-8-11(13(12(16)17)5-2-6-13)9-3-1-4-10(7-9)15(18)19/h1,3-4,7,11H,2,5-6,8,14H2,(H,16,17). The van der Waals surface area contributed by atoms with Crippen molar-refractivity contribution in [2.24, 2.45) is 11.1 Å². The molecule has 0 spiro atoms. The molecule has 0 aromatic heterocycles. The van der Waals surface area contributed by atoms with Crippen molar-refractivity contribution in [2.45, 2.75) is 25.2 Å². The van der Waals surface area contributed by atoms with Crippen molar-refractivity contribution in [1.82, 2.24) is 0 Å². The van der Waals surface area contributed by atoms with Gasteiger partial charge in [-0.1, -0.05) is 18.6 Å². The fourth-order valence-corrected chi connectivity index (χ4v) is 2.80. The van der Waals surface area contributed by atoms with Crippen molar-refractivity contribution in [3.8, 4) is 0 Å². The summed E-state index contributed by atoms with van der Waals surface area (Å²) in [5, 5.41) is 20.2. The van der Waals surface area contributed by atoms with Crippen LogP contribution in [0.5, 0.6) is 0 Å². The Kier molecular flexibility index (Phi) is 3.53. The Bertz CT molecular complexity index is 511. The molecule has 0 radical (unpaired) electrons. The number of nitrogens with zero attached hydrogens (tertiary/aromatic N) is 1. The molecule has 1 unspecified atom stereocenters. The molecule has 2 rings (SSSR count). The maximum absolute atomic E-state index is 11.5. The number of carboxylic acid groups (broad SMARTS) is 1. The molecule has 1 atom stereocenters. The normalized spacial score (nSPS) is 18.4. The molecule has 0 bridgehead atoms. The first kappa shape index (κ1) is 13.5. The van der Waals surface area contributed by atoms with Crippen LogP contribution in [-0.4, -0.2) is 22.5 Å². The summed E-state index contributed by atoms with van der Waals surface area (Å²) in [6, 6.07) is 6.11. The molecule has 0 heterocycles. The predicted molar refractivity (Wildman–Crippen MR) is 68.8 cm³/mol. The van der Waals surface area contributed by atoms with Gasteiger partial charge in [0.1, 0.15) is 0 Å². The van der Waals surface area contributed by atoms with E-state index in [1.54, 1.807) is 12.1 Å². The zero-order valence-corrected chi connectivity index (χ0v) is 10.4. The number of carboxylic acids is 1. The lowest BCUT2D eigenvalue weighted by Crippen LogP contribution is -2.45. The van der Waals surface area contributed by atoms with Crippen LogP contribution in [0, 0.1) is 15.5 Å². The summed E-state index contributed by atoms with van der Waals surface area (Å²) >= 11 is 0. The van der Waals surface area contributed by atoms with Gasteiger partial charge in [-0.2, -0.15) is 0 Å². The van der Waals surface area contributed by atoms with E-state index in [4.69, 9.17) is 5.73 Å². The molecule has 0 amide bonds. The predicted octanol–water partition coefficient (Wildman–Crippen LogP) is 1.89. The molecule has 0 saturated heterocycles. The third-order valence-corrected chi connectivity index (χ3v) is 4.06. The van der Waals surface area contributed by atoms with Gasteiger partial charge in [0, 0.05) is 24.6 Å². The quantitative estimate of drug-likeness (QED) is 0.623. The number of non-ortho nitro benzene ring substituents is 1. The van der Waals surface area contributed by atoms with Crippen molar-refractivity contribution in [2.75, 3.05) is 6.54 Å². The van der Waals surface area contributed by atoms with E-state index in [-0.39, 0.29) is 18.2 Å². The lowest BCUT2D eigenvalue weighted by molar-refractivity contribution is -0.384. The average molecular weight is 264 g/mol. The smallest absolute Gasteiger partial charge is 0.310 e. The van der Waals surface area contributed by atoms with Gasteiger partial charge in [0.2, 0.25) is 0 Å². The maximum atomic E-state index is 11.5. The Morgan fingerprint density at radius 3 is 2.63 bits per heavy atom. The highest BCUT2D eigenvalue weighted by Gasteiger charge is 2.50. The van der Waals surface area contributed by atoms with Gasteiger partial charge < -0.3 is 10.8 Å². The number of nitrogens with two attached hydrogens (primary N) is 1. The number of nitro benzene ring substituents is 1. The average Bonchev–Trinajstić information content (AvgIpc) is 2.33. The summed E-state index contributed by atoms with van der Waals surface area (Å²) in [6.07, 6.45) is 2.01. The summed E-state index contributed by atoms with van der Waals surface area (Å²) in [5.74, 6) is -1.24. The monoisotopic (exact) mass is 264 g/mol. The van der Waals surface area contributed by atoms with Crippen molar-refractivity contribution >= 4 is 11.7 Å². The Morgan fingerprint density at radius 2 is 2.21 bits per heavy atom. The number of hydrogen-bond donors (Lipinski definition) is 2. The van der Waals surface area contributed by atoms with Gasteiger partial charge in [-0.25, -0.2) is 0 Å². The zero-order valence-electron chi connectivity index (χ0n) is 10.4. The molecule has 0 aliphatic heterocycles. The molecule has 1 fully saturated rings. The van der Waals surface area contributed by atoms with E-state index in [9.17, 15) is 20.0 Å². The molecule has 6 nitrogen and oxygen atoms in total. The van der Waals surface area contributed by atoms with Gasteiger partial charge in [-0.15, -0.1) is 0 Å². The van der Waals surface area contributed by atoms with E-state index in [0.717, 1.165) is 6.42 Å². The first-order chi connectivity index (χ1) is 9.01. The summed E-state index contributed by atoms with van der Waals surface area (Å²) in [5.41, 5.74) is 5.48. The van der Waals surface area contributed by atoms with Gasteiger partial charge >= 0.3 is 5.97 Å². The fourth-order valence-electron chi connectivity index (χ4n) is 2.80. The first-order valence-corrected chi connectivity index (χ1v) is 6.19. The van der Waals surface area contributed by atoms with Gasteiger partial charge in [0.15, 0.2) is 0 Å². The molecule has 1 aromatic rings. The summed E-state index contributed by atoms with van der Waals surface area (Å²) < 4.78 is 0. The second kappa shape index (κ2) is 4.97. The van der Waals surface area contributed by atoms with Crippen molar-refractivity contribution in [3.05, 3.63) is 39.9 Å². The Balaban J connectivity index is 2.39. The maximum Gasteiger partial charge on any atom is 0.310 e. The highest BCUT2D eigenvalue weighted by atomic mass is 16.6. The molecule has 1 saturated carbocycles. The van der Waals surface area contributed by atoms with Gasteiger partial charge in [0.25, 0.3) is 5.69 Å². The van der Waals surface area contributed by atoms with Crippen LogP contribution >= 0.6 is 0 Å². The van der Waals surface area contributed by atoms with Gasteiger partial charge in [-0.05, 0) is 18.4 Å². The SMILES string of the molecule is NCC(c1cccc([N+](=O)[O-])c1)C1(C(=O)O)CCC1. The van der Waals surface area contributed by atoms with Crippen molar-refractivity contribution in [1.29, 1.82) is 0 Å². The minimum Gasteiger partial charge on any atom is -0.481 e. The number of hydrogen-bond acceptors (Lipinski definition) is 4. The summed E-state index contributed by atoms with van der Waals surface area (Å²) in [6.45, 7) is 0.174. The van der Waals surface area contributed by atoms with E-state index in [1.165, 1.54) is 12.1 Å². The van der Waals surface area contributed by atoms with Crippen LogP contribution in [0.25, 0.3) is 0 Å². The fraction of sp³-hybridized carbons (Fsp3) is 0.462. The largest absolute Gasteiger partial charge is 0.481 e. The van der Waals surface area contributed by atoms with E-state index in [2.05, 4.69) is 0 Å². The highest BCUT2D eigenvalue weighted by molar-refractivity contribution is 5.77. The number of benzene rings is 1. The van der Waals surface area contributed by atoms with Crippen LogP contribution in [0.1, 0.15) is 30.7 Å². The van der Waals surface area contributed by atoms with Gasteiger partial charge in [-0.3, -0.25) is 14.9 Å². The number of rotatable bonds is 5. The van der Waals surface area contributed by atoms with Crippen LogP contribution in [-0.2, 0) is 4.79 Å². The Morgan fingerprint density at radius 1 is 1.53 bits per heavy atom. The highest BCUT2D eigenvalue weighted by Crippen LogP contribution is 2.51. The molecule has 19 heavy (non-hydrogen) atoms. The topological polar surface area (TPSA) is 106 Å². The number of aliphatic carboxylic acids is 1. The molecule has 6 heteroatoms. The van der Waals surface area contributed by atoms with Crippen molar-refractivity contribution in [3.63, 3.8) is 0 Å². The lowest BCUT2D eigenvalue weighted by atomic mass is 9.59. The van der Waals surface area contributed by atoms with E-state index >= 15 is 0 Å². The first-order valence-electron chi connectivity index (χ1n) is 6.19. The number of nitro groups is 1. The minimum atomic E-state index is -0.860. The third kappa shape index (κ3) is 2.19. The minimum absolute atomic E-state index is 0.0317. The Hall–Kier alpha value is -1.95.